The Labute approximate surface area is 55.0 Å². The van der Waals surface area contributed by atoms with Gasteiger partial charge in [0.2, 0.25) is 0 Å². The van der Waals surface area contributed by atoms with Crippen LogP contribution in [-0.2, 0) is 0 Å². The molecule has 1 radical (unpaired) electrons. The monoisotopic (exact) mass is 161 g/mol. The maximum Gasteiger partial charge on any atom is 0.337 e. The van der Waals surface area contributed by atoms with E-state index in [9.17, 15) is 22.0 Å². The van der Waals surface area contributed by atoms with Gasteiger partial charge in [-0.05, 0) is 6.42 Å². The number of hydrogen-bond donors (Lipinski definition) is 0. The minimum Gasteiger partial charge on any atom is -0.241 e. The summed E-state index contributed by atoms with van der Waals surface area (Å²) >= 11 is 0. The van der Waals surface area contributed by atoms with E-state index in [2.05, 4.69) is 6.92 Å². The van der Waals surface area contributed by atoms with Crippen molar-refractivity contribution in [1.29, 1.82) is 0 Å². The van der Waals surface area contributed by atoms with Crippen molar-refractivity contribution in [3.05, 3.63) is 6.92 Å². The lowest BCUT2D eigenvalue weighted by Gasteiger charge is -2.17. The molecule has 0 bridgehead atoms. The molecule has 0 aliphatic rings. The maximum absolute atomic E-state index is 11.9. The van der Waals surface area contributed by atoms with Gasteiger partial charge in [-0.3, -0.25) is 0 Å². The van der Waals surface area contributed by atoms with E-state index in [0.717, 1.165) is 0 Å². The van der Waals surface area contributed by atoms with Gasteiger partial charge >= 0.3 is 12.3 Å². The molecule has 0 N–H and O–H groups in total. The molecule has 10 heavy (non-hydrogen) atoms. The molecule has 0 saturated heterocycles. The van der Waals surface area contributed by atoms with Gasteiger partial charge in [0.15, 0.2) is 6.17 Å². The Kier molecular flexibility index (Phi) is 3.05. The van der Waals surface area contributed by atoms with Crippen LogP contribution in [0, 0.1) is 6.92 Å². The van der Waals surface area contributed by atoms with Crippen LogP contribution in [0.15, 0.2) is 0 Å². The van der Waals surface area contributed by atoms with Crippen molar-refractivity contribution in [3.63, 3.8) is 0 Å². The molecule has 0 aromatic heterocycles. The van der Waals surface area contributed by atoms with E-state index in [1.54, 1.807) is 0 Å². The first-order chi connectivity index (χ1) is 4.42. The van der Waals surface area contributed by atoms with Crippen LogP contribution in [0.3, 0.4) is 0 Å². The Morgan fingerprint density at radius 3 is 1.70 bits per heavy atom. The largest absolute Gasteiger partial charge is 0.337 e. The predicted octanol–water partition coefficient (Wildman–Crippen LogP) is 2.45. The van der Waals surface area contributed by atoms with Crippen LogP contribution in [-0.4, -0.2) is 18.5 Å². The molecule has 0 nitrogen and oxygen atoms in total. The minimum atomic E-state index is -4.55. The molecule has 0 rings (SSSR count). The molecule has 0 heterocycles. The third kappa shape index (κ3) is 1.82. The van der Waals surface area contributed by atoms with Gasteiger partial charge < -0.3 is 0 Å². The summed E-state index contributed by atoms with van der Waals surface area (Å²) < 4.78 is 57.9. The number of alkyl halides is 5. The average molecular weight is 161 g/mol. The third-order valence-electron chi connectivity index (χ3n) is 0.962. The van der Waals surface area contributed by atoms with Gasteiger partial charge in [-0.2, -0.15) is 8.78 Å². The molecule has 0 saturated carbocycles. The highest BCUT2D eigenvalue weighted by Gasteiger charge is 2.48. The Morgan fingerprint density at radius 2 is 1.60 bits per heavy atom. The molecule has 0 aliphatic heterocycles. The summed E-state index contributed by atoms with van der Waals surface area (Å²) in [4.78, 5) is 0. The second kappa shape index (κ2) is 3.16. The lowest BCUT2D eigenvalue weighted by Crippen LogP contribution is -2.37. The van der Waals surface area contributed by atoms with Crippen LogP contribution < -0.4 is 0 Å². The van der Waals surface area contributed by atoms with E-state index in [4.69, 9.17) is 0 Å². The van der Waals surface area contributed by atoms with Gasteiger partial charge in [0, 0.05) is 0 Å². The van der Waals surface area contributed by atoms with Crippen LogP contribution in [0.1, 0.15) is 6.42 Å². The van der Waals surface area contributed by atoms with E-state index in [-0.39, 0.29) is 0 Å². The summed E-state index contributed by atoms with van der Waals surface area (Å²) in [6, 6.07) is 0. The van der Waals surface area contributed by atoms with E-state index >= 15 is 0 Å². The van der Waals surface area contributed by atoms with E-state index in [1.807, 2.05) is 0 Å². The van der Waals surface area contributed by atoms with Crippen molar-refractivity contribution in [2.45, 2.75) is 24.9 Å². The third-order valence-corrected chi connectivity index (χ3v) is 0.962. The lowest BCUT2D eigenvalue weighted by molar-refractivity contribution is -0.169. The highest BCUT2D eigenvalue weighted by molar-refractivity contribution is 4.79. The van der Waals surface area contributed by atoms with Gasteiger partial charge in [0.25, 0.3) is 0 Å². The van der Waals surface area contributed by atoms with Crippen molar-refractivity contribution in [2.24, 2.45) is 0 Å². The Bertz CT molecular complexity index is 100. The molecular formula is C5H6F5. The zero-order valence-corrected chi connectivity index (χ0v) is 4.96. The Morgan fingerprint density at radius 1 is 1.20 bits per heavy atom. The molecule has 1 atom stereocenters. The van der Waals surface area contributed by atoms with Crippen molar-refractivity contribution < 1.29 is 22.0 Å². The first-order valence-corrected chi connectivity index (χ1v) is 2.52. The van der Waals surface area contributed by atoms with E-state index < -0.39 is 24.9 Å². The summed E-state index contributed by atoms with van der Waals surface area (Å²) in [7, 11) is 0. The zero-order chi connectivity index (χ0) is 8.36. The molecule has 0 aliphatic carbocycles. The smallest absolute Gasteiger partial charge is 0.241 e. The normalized spacial score (nSPS) is 15.9. The van der Waals surface area contributed by atoms with Gasteiger partial charge in [0.05, 0.1) is 0 Å². The maximum atomic E-state index is 11.9. The van der Waals surface area contributed by atoms with Gasteiger partial charge in [-0.15, -0.1) is 0 Å². The summed E-state index contributed by atoms with van der Waals surface area (Å²) in [5.74, 6) is -4.55. The minimum absolute atomic E-state index is 0.850. The van der Waals surface area contributed by atoms with Crippen molar-refractivity contribution in [2.75, 3.05) is 0 Å². The molecule has 5 heteroatoms. The Hall–Kier alpha value is -0.350. The first kappa shape index (κ1) is 9.65. The summed E-state index contributed by atoms with van der Waals surface area (Å²) in [5.41, 5.74) is 0. The molecule has 0 amide bonds. The van der Waals surface area contributed by atoms with Crippen LogP contribution in [0.4, 0.5) is 22.0 Å². The van der Waals surface area contributed by atoms with Crippen LogP contribution in [0.2, 0.25) is 0 Å². The van der Waals surface area contributed by atoms with Gasteiger partial charge in [-0.25, -0.2) is 13.2 Å². The molecule has 0 fully saturated rings. The topological polar surface area (TPSA) is 0 Å². The fraction of sp³-hybridized carbons (Fsp3) is 0.800. The fourth-order valence-electron chi connectivity index (χ4n) is 0.329. The second-order valence-electron chi connectivity index (χ2n) is 1.73. The Balaban J connectivity index is 4.09. The summed E-state index contributed by atoms with van der Waals surface area (Å²) in [5, 5.41) is 0. The van der Waals surface area contributed by atoms with Crippen LogP contribution in [0.5, 0.6) is 0 Å². The highest BCUT2D eigenvalue weighted by Crippen LogP contribution is 2.30. The second-order valence-corrected chi connectivity index (χ2v) is 1.73. The van der Waals surface area contributed by atoms with Crippen LogP contribution >= 0.6 is 0 Å². The molecule has 0 aromatic carbocycles. The quantitative estimate of drug-likeness (QED) is 0.557. The lowest BCUT2D eigenvalue weighted by atomic mass is 10.2. The predicted molar refractivity (Wildman–Crippen MR) is 25.8 cm³/mol. The first-order valence-electron chi connectivity index (χ1n) is 2.52. The summed E-state index contributed by atoms with van der Waals surface area (Å²) in [6.45, 7) is 2.75. The van der Waals surface area contributed by atoms with Gasteiger partial charge in [-0.1, -0.05) is 6.92 Å². The molecule has 0 spiro atoms. The van der Waals surface area contributed by atoms with E-state index in [1.165, 1.54) is 0 Å². The van der Waals surface area contributed by atoms with Crippen molar-refractivity contribution in [1.82, 2.24) is 0 Å². The zero-order valence-electron chi connectivity index (χ0n) is 4.96. The number of hydrogen-bond acceptors (Lipinski definition) is 0. The fourth-order valence-corrected chi connectivity index (χ4v) is 0.329. The van der Waals surface area contributed by atoms with Crippen molar-refractivity contribution in [3.8, 4) is 0 Å². The van der Waals surface area contributed by atoms with Crippen LogP contribution in [0.25, 0.3) is 0 Å². The molecule has 61 valence electrons. The molecular weight excluding hydrogens is 155 g/mol. The van der Waals surface area contributed by atoms with Crippen molar-refractivity contribution >= 4 is 0 Å². The standard InChI is InChI=1S/C5H6F5/c1-2-3(6)5(9,10)4(7)8/h3-4H,1-2H2/t3-/m0/s1. The average Bonchev–Trinajstić information content (AvgIpc) is 1.86. The molecule has 0 aromatic rings. The molecule has 0 unspecified atom stereocenters. The summed E-state index contributed by atoms with van der Waals surface area (Å²) in [6.07, 6.45) is -7.66. The van der Waals surface area contributed by atoms with Gasteiger partial charge in [0.1, 0.15) is 0 Å². The number of halogens is 5. The highest BCUT2D eigenvalue weighted by atomic mass is 19.3. The SMILES string of the molecule is [CH2]C[C@H](F)C(F)(F)C(F)F. The number of rotatable bonds is 3. The van der Waals surface area contributed by atoms with E-state index in [0.29, 0.717) is 0 Å².